The van der Waals surface area contributed by atoms with Crippen LogP contribution in [-0.2, 0) is 28.6 Å². The highest BCUT2D eigenvalue weighted by molar-refractivity contribution is 5.71. The summed E-state index contributed by atoms with van der Waals surface area (Å²) in [6.45, 7) is 9.03. The van der Waals surface area contributed by atoms with E-state index in [0.717, 1.165) is 63.7 Å². The fraction of sp³-hybridized carbons (Fsp3) is 0.944. The predicted molar refractivity (Wildman–Crippen MR) is 257 cm³/mol. The van der Waals surface area contributed by atoms with E-state index >= 15 is 0 Å². The molecule has 356 valence electrons. The minimum absolute atomic E-state index is 0.0625. The molecule has 0 amide bonds. The van der Waals surface area contributed by atoms with Crippen molar-refractivity contribution in [2.24, 2.45) is 5.92 Å². The Kier molecular flexibility index (Phi) is 47.2. The van der Waals surface area contributed by atoms with E-state index in [0.29, 0.717) is 19.3 Å². The number of carbonyl (C=O) groups excluding carboxylic acids is 3. The van der Waals surface area contributed by atoms with Gasteiger partial charge in [0.2, 0.25) is 0 Å². The molecule has 0 rings (SSSR count). The molecule has 0 saturated carbocycles. The van der Waals surface area contributed by atoms with Crippen molar-refractivity contribution in [2.45, 2.75) is 310 Å². The molecule has 0 bridgehead atoms. The van der Waals surface area contributed by atoms with Gasteiger partial charge in [-0.15, -0.1) is 0 Å². The molecule has 6 heteroatoms. The summed E-state index contributed by atoms with van der Waals surface area (Å²) >= 11 is 0. The molecule has 0 heterocycles. The van der Waals surface area contributed by atoms with Crippen molar-refractivity contribution in [1.29, 1.82) is 0 Å². The maximum atomic E-state index is 12.8. The summed E-state index contributed by atoms with van der Waals surface area (Å²) in [5, 5.41) is 0. The topological polar surface area (TPSA) is 78.9 Å². The average Bonchev–Trinajstić information content (AvgIpc) is 3.23. The number of unbranched alkanes of at least 4 members (excludes halogenated alkanes) is 36. The Morgan fingerprint density at radius 2 is 0.550 bits per heavy atom. The van der Waals surface area contributed by atoms with Gasteiger partial charge in [-0.3, -0.25) is 14.4 Å². The molecule has 0 aromatic carbocycles. The molecular formula is C54H104O6. The van der Waals surface area contributed by atoms with E-state index in [1.165, 1.54) is 199 Å². The predicted octanol–water partition coefficient (Wildman–Crippen LogP) is 17.5. The number of carbonyl (C=O) groups is 3. The summed E-state index contributed by atoms with van der Waals surface area (Å²) in [6, 6.07) is 0. The van der Waals surface area contributed by atoms with Crippen LogP contribution < -0.4 is 0 Å². The highest BCUT2D eigenvalue weighted by Gasteiger charge is 2.19. The zero-order chi connectivity index (χ0) is 43.8. The Morgan fingerprint density at radius 1 is 0.317 bits per heavy atom. The number of hydrogen-bond acceptors (Lipinski definition) is 6. The highest BCUT2D eigenvalue weighted by Crippen LogP contribution is 2.17. The normalized spacial score (nSPS) is 11.9. The van der Waals surface area contributed by atoms with Crippen LogP contribution in [0.4, 0.5) is 0 Å². The van der Waals surface area contributed by atoms with E-state index in [1.807, 2.05) is 0 Å². The lowest BCUT2D eigenvalue weighted by Crippen LogP contribution is -2.30. The van der Waals surface area contributed by atoms with Gasteiger partial charge in [0.25, 0.3) is 0 Å². The first-order valence-electron chi connectivity index (χ1n) is 26.9. The smallest absolute Gasteiger partial charge is 0.306 e. The molecule has 0 saturated heterocycles. The van der Waals surface area contributed by atoms with Crippen LogP contribution in [-0.4, -0.2) is 37.2 Å². The van der Waals surface area contributed by atoms with E-state index in [4.69, 9.17) is 14.2 Å². The minimum Gasteiger partial charge on any atom is -0.462 e. The summed E-state index contributed by atoms with van der Waals surface area (Å²) < 4.78 is 16.8. The molecule has 1 atom stereocenters. The van der Waals surface area contributed by atoms with Crippen molar-refractivity contribution in [3.63, 3.8) is 0 Å². The van der Waals surface area contributed by atoms with Crippen molar-refractivity contribution in [3.05, 3.63) is 0 Å². The molecule has 0 aliphatic rings. The van der Waals surface area contributed by atoms with Gasteiger partial charge in [-0.05, 0) is 25.2 Å². The quantitative estimate of drug-likeness (QED) is 0.0345. The van der Waals surface area contributed by atoms with Gasteiger partial charge in [-0.25, -0.2) is 0 Å². The zero-order valence-electron chi connectivity index (χ0n) is 40.9. The third-order valence-electron chi connectivity index (χ3n) is 12.3. The maximum Gasteiger partial charge on any atom is 0.306 e. The molecule has 0 aliphatic carbocycles. The zero-order valence-corrected chi connectivity index (χ0v) is 40.9. The summed E-state index contributed by atoms with van der Waals surface area (Å²) in [5.74, 6) is -0.00927. The van der Waals surface area contributed by atoms with Gasteiger partial charge < -0.3 is 14.2 Å². The van der Waals surface area contributed by atoms with Gasteiger partial charge in [0.05, 0.1) is 0 Å². The number of ether oxygens (including phenoxy) is 3. The van der Waals surface area contributed by atoms with Crippen molar-refractivity contribution in [1.82, 2.24) is 0 Å². The lowest BCUT2D eigenvalue weighted by atomic mass is 10.0. The van der Waals surface area contributed by atoms with Crippen LogP contribution >= 0.6 is 0 Å². The first-order valence-corrected chi connectivity index (χ1v) is 26.9. The number of rotatable bonds is 49. The minimum atomic E-state index is -0.760. The van der Waals surface area contributed by atoms with Crippen LogP contribution in [0.1, 0.15) is 304 Å². The van der Waals surface area contributed by atoms with Crippen LogP contribution in [0.25, 0.3) is 0 Å². The second-order valence-electron chi connectivity index (χ2n) is 19.0. The Morgan fingerprint density at radius 3 is 0.817 bits per heavy atom. The summed E-state index contributed by atoms with van der Waals surface area (Å²) in [6.07, 6.45) is 50.9. The SMILES string of the molecule is CCCCCCCCCCCCCCCCCCCC(=O)OC[C@@H](COC(=O)CCCCCCCCCCCCCCC(C)C)OC(=O)CCCCCCCCCCCC. The van der Waals surface area contributed by atoms with Crippen LogP contribution in [0, 0.1) is 5.92 Å². The van der Waals surface area contributed by atoms with E-state index in [1.54, 1.807) is 0 Å². The molecule has 0 aromatic heterocycles. The van der Waals surface area contributed by atoms with Gasteiger partial charge in [0.1, 0.15) is 13.2 Å². The lowest BCUT2D eigenvalue weighted by molar-refractivity contribution is -0.167. The first kappa shape index (κ1) is 58.4. The molecule has 0 unspecified atom stereocenters. The molecule has 0 spiro atoms. The van der Waals surface area contributed by atoms with Crippen LogP contribution in [0.2, 0.25) is 0 Å². The van der Waals surface area contributed by atoms with Crippen molar-refractivity contribution >= 4 is 17.9 Å². The van der Waals surface area contributed by atoms with Gasteiger partial charge >= 0.3 is 17.9 Å². The first-order chi connectivity index (χ1) is 29.4. The second kappa shape index (κ2) is 48.4. The van der Waals surface area contributed by atoms with Gasteiger partial charge in [0, 0.05) is 19.3 Å². The maximum absolute atomic E-state index is 12.8. The molecule has 0 fully saturated rings. The molecule has 0 radical (unpaired) electrons. The Balaban J connectivity index is 4.24. The van der Waals surface area contributed by atoms with Gasteiger partial charge in [0.15, 0.2) is 6.10 Å². The highest BCUT2D eigenvalue weighted by atomic mass is 16.6. The fourth-order valence-corrected chi connectivity index (χ4v) is 8.22. The van der Waals surface area contributed by atoms with E-state index in [-0.39, 0.29) is 31.1 Å². The Labute approximate surface area is 374 Å². The average molecular weight is 849 g/mol. The molecular weight excluding hydrogens is 745 g/mol. The molecule has 0 aliphatic heterocycles. The number of hydrogen-bond donors (Lipinski definition) is 0. The Hall–Kier alpha value is -1.59. The molecule has 60 heavy (non-hydrogen) atoms. The van der Waals surface area contributed by atoms with Crippen molar-refractivity contribution in [3.8, 4) is 0 Å². The van der Waals surface area contributed by atoms with Gasteiger partial charge in [-0.2, -0.15) is 0 Å². The lowest BCUT2D eigenvalue weighted by Gasteiger charge is -2.18. The second-order valence-corrected chi connectivity index (χ2v) is 19.0. The monoisotopic (exact) mass is 849 g/mol. The van der Waals surface area contributed by atoms with Crippen LogP contribution in [0.5, 0.6) is 0 Å². The molecule has 6 nitrogen and oxygen atoms in total. The largest absolute Gasteiger partial charge is 0.462 e. The van der Waals surface area contributed by atoms with Crippen molar-refractivity contribution in [2.75, 3.05) is 13.2 Å². The van der Waals surface area contributed by atoms with Crippen LogP contribution in [0.15, 0.2) is 0 Å². The summed E-state index contributed by atoms with van der Waals surface area (Å²) in [4.78, 5) is 37.9. The third kappa shape index (κ3) is 47.5. The summed E-state index contributed by atoms with van der Waals surface area (Å²) in [7, 11) is 0. The van der Waals surface area contributed by atoms with Crippen LogP contribution in [0.3, 0.4) is 0 Å². The third-order valence-corrected chi connectivity index (χ3v) is 12.3. The molecule has 0 N–H and O–H groups in total. The van der Waals surface area contributed by atoms with E-state index < -0.39 is 6.10 Å². The fourth-order valence-electron chi connectivity index (χ4n) is 8.22. The standard InChI is InChI=1S/C54H104O6/c1-5-7-9-11-13-15-17-18-19-20-21-22-26-30-33-37-41-45-52(55)58-48-51(60-54(57)47-43-39-35-29-16-14-12-10-8-6-2)49-59-53(56)46-42-38-34-31-27-24-23-25-28-32-36-40-44-50(3)4/h50-51H,5-49H2,1-4H3/t51-/m0/s1. The van der Waals surface area contributed by atoms with Gasteiger partial charge in [-0.1, -0.05) is 265 Å². The van der Waals surface area contributed by atoms with E-state index in [2.05, 4.69) is 27.7 Å². The summed E-state index contributed by atoms with van der Waals surface area (Å²) in [5.41, 5.74) is 0. The number of esters is 3. The van der Waals surface area contributed by atoms with Crippen molar-refractivity contribution < 1.29 is 28.6 Å². The van der Waals surface area contributed by atoms with E-state index in [9.17, 15) is 14.4 Å². The molecule has 0 aromatic rings. The Bertz CT molecular complexity index is 903.